The van der Waals surface area contributed by atoms with Crippen molar-refractivity contribution in [3.05, 3.63) is 57.2 Å². The molecular weight excluding hydrogens is 546 g/mol. The third kappa shape index (κ3) is 7.02. The topological polar surface area (TPSA) is 84.3 Å². The summed E-state index contributed by atoms with van der Waals surface area (Å²) < 4.78 is 44.4. The number of hydrogen-bond donors (Lipinski definition) is 2. The Labute approximate surface area is 233 Å². The van der Waals surface area contributed by atoms with Gasteiger partial charge in [0.05, 0.1) is 17.1 Å². The lowest BCUT2D eigenvalue weighted by molar-refractivity contribution is -0.133. The van der Waals surface area contributed by atoms with E-state index in [1.165, 1.54) is 0 Å². The number of likely N-dealkylation sites (tertiary alicyclic amines) is 1. The number of benzene rings is 1. The molecule has 214 valence electrons. The van der Waals surface area contributed by atoms with E-state index in [0.717, 1.165) is 45.3 Å². The molecule has 1 saturated heterocycles. The molecule has 12 heteroatoms. The largest absolute Gasteiger partial charge is 0.478 e. The minimum Gasteiger partial charge on any atom is -0.478 e. The van der Waals surface area contributed by atoms with Gasteiger partial charge in [0.2, 0.25) is 0 Å². The van der Waals surface area contributed by atoms with Crippen LogP contribution in [0.25, 0.3) is 0 Å². The van der Waals surface area contributed by atoms with Crippen LogP contribution >= 0.6 is 24.8 Å². The average Bonchev–Trinajstić information content (AvgIpc) is 2.83. The Hall–Kier alpha value is -2.27. The normalized spacial score (nSPS) is 18.4. The lowest BCUT2D eigenvalue weighted by atomic mass is 9.78. The van der Waals surface area contributed by atoms with Crippen molar-refractivity contribution >= 4 is 36.8 Å². The molecule has 0 aliphatic carbocycles. The van der Waals surface area contributed by atoms with Crippen LogP contribution in [0.3, 0.4) is 0 Å². The summed E-state index contributed by atoms with van der Waals surface area (Å²) in [7, 11) is 5.22. The summed E-state index contributed by atoms with van der Waals surface area (Å²) in [5.41, 5.74) is -1.33. The standard InChI is InChI=1S/C26H34F3N3O4.2ClH/c1-15-17(27)14-16(24(29)23(15)28)20-21(25(33)34)18(8-12-30(2)3)31(4)19(22(20)26(35)36)9-13-32-10-6-5-7-11-32;;/h14,20H,5-13H2,1-4H3,(H,33,34)(H,35,36);2*1H. The van der Waals surface area contributed by atoms with Crippen molar-refractivity contribution in [2.75, 3.05) is 47.3 Å². The number of aliphatic carboxylic acids is 2. The molecule has 2 heterocycles. The number of carbonyl (C=O) groups is 2. The maximum absolute atomic E-state index is 15.2. The van der Waals surface area contributed by atoms with E-state index in [-0.39, 0.29) is 48.8 Å². The summed E-state index contributed by atoms with van der Waals surface area (Å²) in [6.45, 7) is 3.78. The van der Waals surface area contributed by atoms with E-state index in [4.69, 9.17) is 0 Å². The lowest BCUT2D eigenvalue weighted by Gasteiger charge is -2.39. The molecule has 2 aliphatic heterocycles. The Morgan fingerprint density at radius 3 is 1.97 bits per heavy atom. The second-order valence-corrected chi connectivity index (χ2v) is 9.73. The molecule has 1 atom stereocenters. The van der Waals surface area contributed by atoms with E-state index >= 15 is 4.39 Å². The highest BCUT2D eigenvalue weighted by Gasteiger charge is 2.42. The van der Waals surface area contributed by atoms with Crippen molar-refractivity contribution in [2.45, 2.75) is 44.9 Å². The zero-order valence-corrected chi connectivity index (χ0v) is 23.7. The van der Waals surface area contributed by atoms with E-state index in [1.807, 2.05) is 19.0 Å². The predicted molar refractivity (Wildman–Crippen MR) is 143 cm³/mol. The van der Waals surface area contributed by atoms with Gasteiger partial charge in [-0.3, -0.25) is 0 Å². The Kier molecular flexibility index (Phi) is 12.6. The molecule has 0 aromatic heterocycles. The first-order chi connectivity index (χ1) is 17.0. The van der Waals surface area contributed by atoms with Crippen LogP contribution in [-0.2, 0) is 9.59 Å². The molecule has 0 saturated carbocycles. The van der Waals surface area contributed by atoms with Gasteiger partial charge >= 0.3 is 11.9 Å². The number of carboxylic acids is 2. The van der Waals surface area contributed by atoms with Gasteiger partial charge in [-0.15, -0.1) is 24.8 Å². The molecule has 2 aliphatic rings. The van der Waals surface area contributed by atoms with Crippen molar-refractivity contribution in [3.63, 3.8) is 0 Å². The lowest BCUT2D eigenvalue weighted by Crippen LogP contribution is -2.37. The highest BCUT2D eigenvalue weighted by Crippen LogP contribution is 2.45. The molecular formula is C26H36Cl2F3N3O4. The minimum atomic E-state index is -1.67. The van der Waals surface area contributed by atoms with Crippen molar-refractivity contribution in [1.82, 2.24) is 14.7 Å². The number of carboxylic acid groups (broad SMARTS) is 2. The van der Waals surface area contributed by atoms with Crippen LogP contribution in [0, 0.1) is 24.4 Å². The van der Waals surface area contributed by atoms with E-state index < -0.39 is 46.4 Å². The fraction of sp³-hybridized carbons (Fsp3) is 0.538. The van der Waals surface area contributed by atoms with Crippen molar-refractivity contribution < 1.29 is 33.0 Å². The fourth-order valence-corrected chi connectivity index (χ4v) is 5.10. The highest BCUT2D eigenvalue weighted by atomic mass is 35.5. The number of halogens is 5. The first-order valence-corrected chi connectivity index (χ1v) is 12.1. The zero-order valence-electron chi connectivity index (χ0n) is 22.0. The van der Waals surface area contributed by atoms with Crippen LogP contribution in [0.2, 0.25) is 0 Å². The number of nitrogens with zero attached hydrogens (tertiary/aromatic N) is 3. The Morgan fingerprint density at radius 1 is 0.947 bits per heavy atom. The zero-order chi connectivity index (χ0) is 26.7. The molecule has 1 aromatic carbocycles. The smallest absolute Gasteiger partial charge is 0.334 e. The Balaban J connectivity index is 0.00000361. The predicted octanol–water partition coefficient (Wildman–Crippen LogP) is 4.79. The molecule has 1 unspecified atom stereocenters. The molecule has 0 radical (unpaired) electrons. The van der Waals surface area contributed by atoms with Crippen LogP contribution < -0.4 is 0 Å². The van der Waals surface area contributed by atoms with E-state index in [1.54, 1.807) is 11.9 Å². The first kappa shape index (κ1) is 33.8. The molecule has 0 amide bonds. The van der Waals surface area contributed by atoms with Gasteiger partial charge < -0.3 is 24.9 Å². The van der Waals surface area contributed by atoms with Gasteiger partial charge in [0.15, 0.2) is 11.6 Å². The van der Waals surface area contributed by atoms with E-state index in [9.17, 15) is 28.6 Å². The molecule has 1 aromatic rings. The van der Waals surface area contributed by atoms with Crippen LogP contribution in [-0.4, -0.2) is 84.2 Å². The van der Waals surface area contributed by atoms with E-state index in [0.29, 0.717) is 24.5 Å². The third-order valence-electron chi connectivity index (χ3n) is 7.11. The monoisotopic (exact) mass is 581 g/mol. The molecule has 2 N–H and O–H groups in total. The quantitative estimate of drug-likeness (QED) is 0.405. The van der Waals surface area contributed by atoms with Crippen LogP contribution in [0.15, 0.2) is 28.6 Å². The fourth-order valence-electron chi connectivity index (χ4n) is 5.10. The van der Waals surface area contributed by atoms with Crippen molar-refractivity contribution in [2.24, 2.45) is 0 Å². The maximum atomic E-state index is 15.2. The number of rotatable bonds is 9. The molecule has 38 heavy (non-hydrogen) atoms. The van der Waals surface area contributed by atoms with Crippen molar-refractivity contribution in [3.8, 4) is 0 Å². The van der Waals surface area contributed by atoms with Crippen LogP contribution in [0.4, 0.5) is 13.2 Å². The van der Waals surface area contributed by atoms with Crippen molar-refractivity contribution in [1.29, 1.82) is 0 Å². The Bertz CT molecular complexity index is 1110. The van der Waals surface area contributed by atoms with Gasteiger partial charge in [-0.1, -0.05) is 6.42 Å². The summed E-state index contributed by atoms with van der Waals surface area (Å²) in [5.74, 6) is -8.55. The van der Waals surface area contributed by atoms with Crippen LogP contribution in [0.1, 0.15) is 49.1 Å². The summed E-state index contributed by atoms with van der Waals surface area (Å²) in [6.07, 6.45) is 3.69. The molecule has 7 nitrogen and oxygen atoms in total. The summed E-state index contributed by atoms with van der Waals surface area (Å²) in [4.78, 5) is 30.7. The number of hydrogen-bond acceptors (Lipinski definition) is 5. The molecule has 3 rings (SSSR count). The van der Waals surface area contributed by atoms with Gasteiger partial charge in [0.1, 0.15) is 5.82 Å². The van der Waals surface area contributed by atoms with Gasteiger partial charge in [-0.25, -0.2) is 22.8 Å². The van der Waals surface area contributed by atoms with Gasteiger partial charge in [0, 0.05) is 55.5 Å². The SMILES string of the molecule is Cc1c(F)cc(C2C(C(=O)O)=C(CCN(C)C)N(C)C(CCN3CCCCC3)=C2C(=O)O)c(F)c1F.Cl.Cl. The van der Waals surface area contributed by atoms with E-state index in [2.05, 4.69) is 4.90 Å². The second-order valence-electron chi connectivity index (χ2n) is 9.73. The summed E-state index contributed by atoms with van der Waals surface area (Å²) in [5, 5.41) is 20.4. The number of piperidine rings is 1. The molecule has 0 bridgehead atoms. The van der Waals surface area contributed by atoms with Gasteiger partial charge in [0.25, 0.3) is 0 Å². The average molecular weight is 582 g/mol. The second kappa shape index (κ2) is 14.2. The summed E-state index contributed by atoms with van der Waals surface area (Å²) in [6, 6.07) is 0.724. The highest BCUT2D eigenvalue weighted by molar-refractivity contribution is 5.98. The Morgan fingerprint density at radius 2 is 1.47 bits per heavy atom. The summed E-state index contributed by atoms with van der Waals surface area (Å²) >= 11 is 0. The molecule has 0 spiro atoms. The van der Waals surface area contributed by atoms with Gasteiger partial charge in [-0.2, -0.15) is 0 Å². The third-order valence-corrected chi connectivity index (χ3v) is 7.11. The molecule has 1 fully saturated rings. The first-order valence-electron chi connectivity index (χ1n) is 12.1. The minimum absolute atomic E-state index is 0. The van der Waals surface area contributed by atoms with Gasteiger partial charge in [-0.05, 0) is 53.0 Å². The maximum Gasteiger partial charge on any atom is 0.334 e. The van der Waals surface area contributed by atoms with Crippen LogP contribution in [0.5, 0.6) is 0 Å².